The van der Waals surface area contributed by atoms with Crippen LogP contribution in [0.25, 0.3) is 5.57 Å². The Labute approximate surface area is 196 Å². The molecule has 1 atom stereocenters. The second kappa shape index (κ2) is 12.3. The van der Waals surface area contributed by atoms with Crippen LogP contribution in [-0.4, -0.2) is 28.0 Å². The van der Waals surface area contributed by atoms with Gasteiger partial charge in [-0.2, -0.15) is 0 Å². The first-order chi connectivity index (χ1) is 15.2. The first-order valence-corrected chi connectivity index (χ1v) is 12.9. The fourth-order valence-electron chi connectivity index (χ4n) is 3.86. The van der Waals surface area contributed by atoms with E-state index in [1.165, 1.54) is 25.3 Å². The van der Waals surface area contributed by atoms with Crippen molar-refractivity contribution in [1.82, 2.24) is 0 Å². The smallest absolute Gasteiger partial charge is 0.328 e. The molecule has 1 aromatic carbocycles. The molecule has 1 aromatic rings. The molecule has 4 nitrogen and oxygen atoms in total. The summed E-state index contributed by atoms with van der Waals surface area (Å²) in [5.41, 5.74) is 3.81. The molecule has 5 heteroatoms. The van der Waals surface area contributed by atoms with Crippen LogP contribution in [0.2, 0.25) is 0 Å². The van der Waals surface area contributed by atoms with Crippen molar-refractivity contribution in [3.63, 3.8) is 0 Å². The molecule has 0 bridgehead atoms. The molecule has 1 N–H and O–H groups in total. The van der Waals surface area contributed by atoms with E-state index in [-0.39, 0.29) is 5.41 Å². The second-order valence-corrected chi connectivity index (χ2v) is 10.8. The average molecular weight is 459 g/mol. The van der Waals surface area contributed by atoms with Crippen molar-refractivity contribution in [3.05, 3.63) is 53.1 Å². The van der Waals surface area contributed by atoms with E-state index in [0.29, 0.717) is 17.9 Å². The quantitative estimate of drug-likeness (QED) is 0.171. The van der Waals surface area contributed by atoms with E-state index in [4.69, 9.17) is 9.84 Å². The van der Waals surface area contributed by atoms with Gasteiger partial charge in [0, 0.05) is 29.7 Å². The summed E-state index contributed by atoms with van der Waals surface area (Å²) < 4.78 is 19.0. The van der Waals surface area contributed by atoms with Gasteiger partial charge in [-0.15, -0.1) is 0 Å². The van der Waals surface area contributed by atoms with Crippen molar-refractivity contribution < 1.29 is 19.2 Å². The minimum atomic E-state index is -0.999. The van der Waals surface area contributed by atoms with Gasteiger partial charge in [-0.05, 0) is 54.1 Å². The zero-order chi connectivity index (χ0) is 23.7. The van der Waals surface area contributed by atoms with Crippen molar-refractivity contribution in [2.24, 2.45) is 0 Å². The Balaban J connectivity index is 2.34. The van der Waals surface area contributed by atoms with Gasteiger partial charge in [0.15, 0.2) is 4.90 Å². The van der Waals surface area contributed by atoms with E-state index in [9.17, 15) is 9.35 Å². The van der Waals surface area contributed by atoms with Crippen LogP contribution < -0.4 is 4.74 Å². The molecule has 0 aliphatic carbocycles. The molecule has 1 aliphatic rings. The highest BCUT2D eigenvalue weighted by Gasteiger charge is 2.36. The lowest BCUT2D eigenvalue weighted by Gasteiger charge is -2.33. The van der Waals surface area contributed by atoms with Crippen LogP contribution in [0.5, 0.6) is 5.75 Å². The summed E-state index contributed by atoms with van der Waals surface area (Å²) in [6.07, 6.45) is 13.6. The number of fused-ring (bicyclic) bond motifs is 1. The standard InChI is InChI=1S/C27H38O4S/c1-6-7-8-9-10-15-31-24-19-25-23(27(4,5)14-16-32(25)30)18-22(24)21(3)13-11-12-20(2)17-26(28)29/h11-13,17-19H,6-10,14-16H2,1-5H3,(H,28,29)/b12-11+,20-17+,21-13-. The molecule has 1 unspecified atom stereocenters. The molecule has 0 saturated carbocycles. The fourth-order valence-corrected chi connectivity index (χ4v) is 5.60. The first-order valence-electron chi connectivity index (χ1n) is 11.6. The van der Waals surface area contributed by atoms with Crippen LogP contribution in [0.4, 0.5) is 0 Å². The Morgan fingerprint density at radius 2 is 1.94 bits per heavy atom. The number of allylic oxidation sites excluding steroid dienone is 5. The van der Waals surface area contributed by atoms with Gasteiger partial charge in [-0.25, -0.2) is 4.79 Å². The van der Waals surface area contributed by atoms with Crippen molar-refractivity contribution in [3.8, 4) is 5.75 Å². The molecule has 1 heterocycles. The summed E-state index contributed by atoms with van der Waals surface area (Å²) in [4.78, 5) is 11.7. The lowest BCUT2D eigenvalue weighted by molar-refractivity contribution is -0.131. The minimum Gasteiger partial charge on any atom is -0.611 e. The molecule has 0 spiro atoms. The predicted molar refractivity (Wildman–Crippen MR) is 134 cm³/mol. The molecule has 0 radical (unpaired) electrons. The third-order valence-corrected chi connectivity index (χ3v) is 7.36. The summed E-state index contributed by atoms with van der Waals surface area (Å²) in [5, 5.41) is 8.87. The van der Waals surface area contributed by atoms with Crippen molar-refractivity contribution in [2.45, 2.75) is 83.5 Å². The molecule has 176 valence electrons. The normalized spacial score (nSPS) is 18.6. The highest BCUT2D eigenvalue weighted by molar-refractivity contribution is 7.91. The van der Waals surface area contributed by atoms with Crippen LogP contribution in [0, 0.1) is 0 Å². The van der Waals surface area contributed by atoms with E-state index in [0.717, 1.165) is 46.6 Å². The number of hydrogen-bond donors (Lipinski definition) is 1. The summed E-state index contributed by atoms with van der Waals surface area (Å²) in [5.74, 6) is 0.514. The third kappa shape index (κ3) is 7.56. The maximum Gasteiger partial charge on any atom is 0.328 e. The molecule has 32 heavy (non-hydrogen) atoms. The van der Waals surface area contributed by atoms with Crippen LogP contribution >= 0.6 is 0 Å². The van der Waals surface area contributed by atoms with Crippen LogP contribution in [0.3, 0.4) is 0 Å². The predicted octanol–water partition coefficient (Wildman–Crippen LogP) is 6.82. The molecule has 2 rings (SSSR count). The second-order valence-electron chi connectivity index (χ2n) is 9.23. The number of hydrogen-bond acceptors (Lipinski definition) is 3. The van der Waals surface area contributed by atoms with Gasteiger partial charge in [0.1, 0.15) is 11.5 Å². The molecular weight excluding hydrogens is 420 g/mol. The van der Waals surface area contributed by atoms with E-state index < -0.39 is 17.1 Å². The van der Waals surface area contributed by atoms with E-state index in [2.05, 4.69) is 26.8 Å². The van der Waals surface area contributed by atoms with Crippen LogP contribution in [0.1, 0.15) is 84.3 Å². The lowest BCUT2D eigenvalue weighted by Crippen LogP contribution is -2.30. The maximum absolute atomic E-state index is 12.8. The Hall–Kier alpha value is -1.98. The topological polar surface area (TPSA) is 69.6 Å². The van der Waals surface area contributed by atoms with Gasteiger partial charge < -0.3 is 14.4 Å². The summed E-state index contributed by atoms with van der Waals surface area (Å²) in [6.45, 7) is 11.1. The number of unbranched alkanes of at least 4 members (excludes halogenated alkanes) is 4. The number of aliphatic carboxylic acids is 1. The van der Waals surface area contributed by atoms with E-state index in [1.54, 1.807) is 13.0 Å². The Bertz CT molecular complexity index is 880. The monoisotopic (exact) mass is 458 g/mol. The van der Waals surface area contributed by atoms with Gasteiger partial charge in [-0.1, -0.05) is 64.7 Å². The molecule has 0 amide bonds. The molecular formula is C27H38O4S. The van der Waals surface area contributed by atoms with Crippen molar-refractivity contribution in [1.29, 1.82) is 0 Å². The van der Waals surface area contributed by atoms with Crippen LogP contribution in [0.15, 0.2) is 46.9 Å². The van der Waals surface area contributed by atoms with Gasteiger partial charge in [0.05, 0.1) is 6.61 Å². The molecule has 0 aromatic heterocycles. The van der Waals surface area contributed by atoms with E-state index in [1.807, 2.05) is 25.1 Å². The van der Waals surface area contributed by atoms with Crippen molar-refractivity contribution in [2.75, 3.05) is 12.4 Å². The highest BCUT2D eigenvalue weighted by Crippen LogP contribution is 2.43. The number of carboxylic acids is 1. The van der Waals surface area contributed by atoms with Gasteiger partial charge in [-0.3, -0.25) is 0 Å². The SMILES string of the molecule is CCCCCCCOc1cc2c(cc1\C(C)=C/C=C/C(C)=C/C(=O)O)C(C)(C)CC[S+]2[O-]. The van der Waals surface area contributed by atoms with E-state index >= 15 is 0 Å². The lowest BCUT2D eigenvalue weighted by atomic mass is 9.80. The average Bonchev–Trinajstić information content (AvgIpc) is 2.72. The molecule has 0 fully saturated rings. The van der Waals surface area contributed by atoms with Gasteiger partial charge in [0.25, 0.3) is 0 Å². The maximum atomic E-state index is 12.8. The number of ether oxygens (including phenoxy) is 1. The minimum absolute atomic E-state index is 0.0341. The summed E-state index contributed by atoms with van der Waals surface area (Å²) >= 11 is -0.999. The zero-order valence-corrected chi connectivity index (χ0v) is 21.0. The third-order valence-electron chi connectivity index (χ3n) is 5.96. The number of benzene rings is 1. The number of carbonyl (C=O) groups is 1. The number of rotatable bonds is 11. The largest absolute Gasteiger partial charge is 0.611 e. The number of carboxylic acid groups (broad SMARTS) is 1. The summed E-state index contributed by atoms with van der Waals surface area (Å²) in [7, 11) is 0. The Morgan fingerprint density at radius 3 is 2.62 bits per heavy atom. The van der Waals surface area contributed by atoms with Crippen LogP contribution in [-0.2, 0) is 21.4 Å². The fraction of sp³-hybridized carbons (Fsp3) is 0.519. The first kappa shape index (κ1) is 26.3. The van der Waals surface area contributed by atoms with Crippen molar-refractivity contribution >= 4 is 22.7 Å². The molecule has 1 aliphatic heterocycles. The Morgan fingerprint density at radius 1 is 1.22 bits per heavy atom. The highest BCUT2D eigenvalue weighted by atomic mass is 32.2. The van der Waals surface area contributed by atoms with Gasteiger partial charge >= 0.3 is 5.97 Å². The zero-order valence-electron chi connectivity index (χ0n) is 20.2. The Kier molecular flexibility index (Phi) is 10.1. The van der Waals surface area contributed by atoms with Gasteiger partial charge in [0.2, 0.25) is 0 Å². The summed E-state index contributed by atoms with van der Waals surface area (Å²) in [6, 6.07) is 4.14. The molecule has 0 saturated heterocycles.